The highest BCUT2D eigenvalue weighted by atomic mass is 32.2. The molecule has 0 fully saturated rings. The highest BCUT2D eigenvalue weighted by Crippen LogP contribution is 2.16. The van der Waals surface area contributed by atoms with E-state index in [2.05, 4.69) is 53.8 Å². The van der Waals surface area contributed by atoms with Crippen LogP contribution in [0.25, 0.3) is 0 Å². The average Bonchev–Trinajstić information content (AvgIpc) is 2.85. The van der Waals surface area contributed by atoms with Crippen LogP contribution >= 0.6 is 23.1 Å². The first kappa shape index (κ1) is 14.6. The van der Waals surface area contributed by atoms with E-state index in [-0.39, 0.29) is 0 Å². The molecule has 0 atom stereocenters. The fourth-order valence-electron chi connectivity index (χ4n) is 1.90. The molecular weight excluding hydrogens is 272 g/mol. The van der Waals surface area contributed by atoms with Crippen molar-refractivity contribution in [3.8, 4) is 0 Å². The van der Waals surface area contributed by atoms with Crippen LogP contribution in [0.3, 0.4) is 0 Å². The van der Waals surface area contributed by atoms with Crippen LogP contribution in [0.15, 0.2) is 34.7 Å². The second kappa shape index (κ2) is 7.68. The third-order valence-electron chi connectivity index (χ3n) is 2.73. The van der Waals surface area contributed by atoms with Crippen molar-refractivity contribution >= 4 is 23.1 Å². The van der Waals surface area contributed by atoms with E-state index in [1.54, 1.807) is 0 Å². The van der Waals surface area contributed by atoms with Gasteiger partial charge < -0.3 is 5.32 Å². The molecule has 2 rings (SSSR count). The van der Waals surface area contributed by atoms with Crippen LogP contribution in [0.5, 0.6) is 0 Å². The molecule has 4 heteroatoms. The van der Waals surface area contributed by atoms with E-state index in [9.17, 15) is 0 Å². The summed E-state index contributed by atoms with van der Waals surface area (Å²) in [6, 6.07) is 8.58. The SMILES string of the molecule is Cc1cc(C)nc(SCCNCCc2cccs2)c1. The Hall–Kier alpha value is -0.840. The molecule has 102 valence electrons. The van der Waals surface area contributed by atoms with Crippen LogP contribution in [0.4, 0.5) is 0 Å². The summed E-state index contributed by atoms with van der Waals surface area (Å²) < 4.78 is 0. The summed E-state index contributed by atoms with van der Waals surface area (Å²) in [7, 11) is 0. The lowest BCUT2D eigenvalue weighted by atomic mass is 10.3. The summed E-state index contributed by atoms with van der Waals surface area (Å²) in [6.07, 6.45) is 1.13. The molecule has 0 radical (unpaired) electrons. The second-order valence-corrected chi connectivity index (χ2v) is 6.70. The van der Waals surface area contributed by atoms with E-state index in [0.717, 1.165) is 36.0 Å². The number of nitrogens with zero attached hydrogens (tertiary/aromatic N) is 1. The van der Waals surface area contributed by atoms with E-state index >= 15 is 0 Å². The lowest BCUT2D eigenvalue weighted by Crippen LogP contribution is -2.19. The number of thiophene rings is 1. The van der Waals surface area contributed by atoms with E-state index in [1.807, 2.05) is 23.1 Å². The van der Waals surface area contributed by atoms with Crippen LogP contribution < -0.4 is 5.32 Å². The Labute approximate surface area is 123 Å². The molecule has 0 unspecified atom stereocenters. The summed E-state index contributed by atoms with van der Waals surface area (Å²) in [5.74, 6) is 1.07. The molecule has 0 aliphatic carbocycles. The highest BCUT2D eigenvalue weighted by Gasteiger charge is 1.99. The van der Waals surface area contributed by atoms with Gasteiger partial charge >= 0.3 is 0 Å². The van der Waals surface area contributed by atoms with Crippen LogP contribution in [0.2, 0.25) is 0 Å². The van der Waals surface area contributed by atoms with E-state index in [1.165, 1.54) is 10.4 Å². The predicted molar refractivity (Wildman–Crippen MR) is 85.3 cm³/mol. The molecule has 0 spiro atoms. The Bertz CT molecular complexity index is 475. The quantitative estimate of drug-likeness (QED) is 0.622. The Balaban J connectivity index is 1.61. The van der Waals surface area contributed by atoms with Crippen LogP contribution in [0, 0.1) is 13.8 Å². The van der Waals surface area contributed by atoms with Gasteiger partial charge in [-0.3, -0.25) is 0 Å². The van der Waals surface area contributed by atoms with Gasteiger partial charge in [0.05, 0.1) is 5.03 Å². The zero-order chi connectivity index (χ0) is 13.5. The minimum Gasteiger partial charge on any atom is -0.316 e. The number of pyridine rings is 1. The van der Waals surface area contributed by atoms with Crippen molar-refractivity contribution in [2.24, 2.45) is 0 Å². The molecule has 2 heterocycles. The highest BCUT2D eigenvalue weighted by molar-refractivity contribution is 7.99. The number of aromatic nitrogens is 1. The maximum atomic E-state index is 4.53. The third kappa shape index (κ3) is 5.35. The first-order valence-electron chi connectivity index (χ1n) is 6.55. The lowest BCUT2D eigenvalue weighted by molar-refractivity contribution is 0.725. The predicted octanol–water partition coefficient (Wildman–Crippen LogP) is 3.68. The molecule has 0 bridgehead atoms. The second-order valence-electron chi connectivity index (χ2n) is 4.55. The Morgan fingerprint density at radius 3 is 2.89 bits per heavy atom. The molecule has 0 aliphatic rings. The van der Waals surface area contributed by atoms with Crippen molar-refractivity contribution in [1.29, 1.82) is 0 Å². The van der Waals surface area contributed by atoms with Gasteiger partial charge in [0, 0.05) is 22.9 Å². The number of hydrogen-bond donors (Lipinski definition) is 1. The summed E-state index contributed by atoms with van der Waals surface area (Å²) in [5, 5.41) is 6.75. The number of rotatable bonds is 7. The largest absolute Gasteiger partial charge is 0.316 e. The first-order valence-corrected chi connectivity index (χ1v) is 8.42. The Morgan fingerprint density at radius 1 is 1.26 bits per heavy atom. The van der Waals surface area contributed by atoms with Gasteiger partial charge in [-0.1, -0.05) is 6.07 Å². The monoisotopic (exact) mass is 292 g/mol. The van der Waals surface area contributed by atoms with Crippen molar-refractivity contribution in [3.05, 3.63) is 45.8 Å². The molecule has 2 nitrogen and oxygen atoms in total. The summed E-state index contributed by atoms with van der Waals surface area (Å²) in [5.41, 5.74) is 2.40. The maximum Gasteiger partial charge on any atom is 0.0966 e. The van der Waals surface area contributed by atoms with Gasteiger partial charge in [-0.25, -0.2) is 4.98 Å². The zero-order valence-electron chi connectivity index (χ0n) is 11.5. The van der Waals surface area contributed by atoms with Gasteiger partial charge in [0.1, 0.15) is 0 Å². The van der Waals surface area contributed by atoms with Gasteiger partial charge in [-0.05, 0) is 56.0 Å². The normalized spacial score (nSPS) is 10.8. The minimum absolute atomic E-state index is 1.03. The van der Waals surface area contributed by atoms with Crippen molar-refractivity contribution in [2.45, 2.75) is 25.3 Å². The fraction of sp³-hybridized carbons (Fsp3) is 0.400. The van der Waals surface area contributed by atoms with Gasteiger partial charge in [0.15, 0.2) is 0 Å². The zero-order valence-corrected chi connectivity index (χ0v) is 13.1. The van der Waals surface area contributed by atoms with Gasteiger partial charge in [-0.15, -0.1) is 23.1 Å². The Morgan fingerprint density at radius 2 is 2.16 bits per heavy atom. The van der Waals surface area contributed by atoms with Gasteiger partial charge in [-0.2, -0.15) is 0 Å². The molecule has 1 N–H and O–H groups in total. The summed E-state index contributed by atoms with van der Waals surface area (Å²) >= 11 is 3.66. The van der Waals surface area contributed by atoms with Crippen LogP contribution in [0.1, 0.15) is 16.1 Å². The number of aryl methyl sites for hydroxylation is 2. The van der Waals surface area contributed by atoms with Crippen molar-refractivity contribution < 1.29 is 0 Å². The van der Waals surface area contributed by atoms with Gasteiger partial charge in [0.2, 0.25) is 0 Å². The minimum atomic E-state index is 1.03. The number of hydrogen-bond acceptors (Lipinski definition) is 4. The molecule has 19 heavy (non-hydrogen) atoms. The lowest BCUT2D eigenvalue weighted by Gasteiger charge is -2.05. The van der Waals surface area contributed by atoms with Crippen LogP contribution in [-0.2, 0) is 6.42 Å². The topological polar surface area (TPSA) is 24.9 Å². The van der Waals surface area contributed by atoms with Crippen molar-refractivity contribution in [1.82, 2.24) is 10.3 Å². The summed E-state index contributed by atoms with van der Waals surface area (Å²) in [6.45, 7) is 6.26. The molecule has 0 aliphatic heterocycles. The van der Waals surface area contributed by atoms with Crippen LogP contribution in [-0.4, -0.2) is 23.8 Å². The fourth-order valence-corrected chi connectivity index (χ4v) is 3.54. The molecule has 2 aromatic heterocycles. The molecule has 2 aromatic rings. The van der Waals surface area contributed by atoms with Crippen molar-refractivity contribution in [3.63, 3.8) is 0 Å². The van der Waals surface area contributed by atoms with E-state index in [4.69, 9.17) is 0 Å². The maximum absolute atomic E-state index is 4.53. The Kier molecular flexibility index (Phi) is 5.89. The number of nitrogens with one attached hydrogen (secondary N) is 1. The van der Waals surface area contributed by atoms with Crippen molar-refractivity contribution in [2.75, 3.05) is 18.8 Å². The first-order chi connectivity index (χ1) is 9.24. The van der Waals surface area contributed by atoms with E-state index in [0.29, 0.717) is 0 Å². The van der Waals surface area contributed by atoms with E-state index < -0.39 is 0 Å². The molecule has 0 aromatic carbocycles. The number of thioether (sulfide) groups is 1. The molecular formula is C15H20N2S2. The summed E-state index contributed by atoms with van der Waals surface area (Å²) in [4.78, 5) is 5.98. The molecule has 0 saturated carbocycles. The third-order valence-corrected chi connectivity index (χ3v) is 4.58. The van der Waals surface area contributed by atoms with Gasteiger partial charge in [0.25, 0.3) is 0 Å². The molecule has 0 amide bonds. The standard InChI is InChI=1S/C15H20N2S2/c1-12-10-13(2)17-15(11-12)19-9-7-16-6-5-14-4-3-8-18-14/h3-4,8,10-11,16H,5-7,9H2,1-2H3. The average molecular weight is 292 g/mol. The molecule has 0 saturated heterocycles. The smallest absolute Gasteiger partial charge is 0.0966 e.